The van der Waals surface area contributed by atoms with Gasteiger partial charge in [-0.25, -0.2) is 0 Å². The zero-order chi connectivity index (χ0) is 18.2. The topological polar surface area (TPSA) is 42.4 Å². The Morgan fingerprint density at radius 1 is 1.32 bits per heavy atom. The lowest BCUT2D eigenvalue weighted by Crippen LogP contribution is -2.44. The molecule has 1 aromatic rings. The lowest BCUT2D eigenvalue weighted by atomic mass is 9.87. The van der Waals surface area contributed by atoms with Crippen LogP contribution in [0.25, 0.3) is 5.70 Å². The number of carbonyl (C=O) groups is 1. The van der Waals surface area contributed by atoms with Gasteiger partial charge >= 0.3 is 0 Å². The zero-order valence-corrected chi connectivity index (χ0v) is 15.6. The molecule has 4 nitrogen and oxygen atoms in total. The highest BCUT2D eigenvalue weighted by molar-refractivity contribution is 6.09. The first-order valence-corrected chi connectivity index (χ1v) is 8.93. The number of piperidine rings is 1. The van der Waals surface area contributed by atoms with Crippen LogP contribution in [0.15, 0.2) is 17.7 Å². The van der Waals surface area contributed by atoms with Crippen molar-refractivity contribution in [1.29, 1.82) is 0 Å². The fourth-order valence-electron chi connectivity index (χ4n) is 3.55. The third-order valence-corrected chi connectivity index (χ3v) is 5.46. The number of terminal acetylenes is 1. The molecule has 132 valence electrons. The van der Waals surface area contributed by atoms with Crippen molar-refractivity contribution in [3.63, 3.8) is 0 Å². The van der Waals surface area contributed by atoms with E-state index in [1.165, 1.54) is 0 Å². The number of methoxy groups -OCH3 is 1. The molecule has 0 spiro atoms. The molecule has 0 atom stereocenters. The van der Waals surface area contributed by atoms with Crippen LogP contribution in [0.1, 0.15) is 56.5 Å². The maximum Gasteiger partial charge on any atom is 0.177 e. The van der Waals surface area contributed by atoms with Crippen LogP contribution < -0.4 is 0 Å². The van der Waals surface area contributed by atoms with Crippen LogP contribution in [-0.2, 0) is 16.0 Å². The maximum absolute atomic E-state index is 12.6. The van der Waals surface area contributed by atoms with E-state index in [0.29, 0.717) is 17.9 Å². The molecule has 0 unspecified atom stereocenters. The van der Waals surface area contributed by atoms with E-state index in [-0.39, 0.29) is 11.4 Å². The van der Waals surface area contributed by atoms with Crippen molar-refractivity contribution in [2.45, 2.75) is 51.6 Å². The highest BCUT2D eigenvalue weighted by Gasteiger charge is 2.35. The van der Waals surface area contributed by atoms with E-state index in [4.69, 9.17) is 16.1 Å². The van der Waals surface area contributed by atoms with Crippen LogP contribution in [0, 0.1) is 12.3 Å². The van der Waals surface area contributed by atoms with E-state index in [2.05, 4.69) is 31.6 Å². The predicted octanol–water partition coefficient (Wildman–Crippen LogP) is 3.18. The number of Topliss-reactive ketones (excluding diaryl/α,β-unsaturated/α-hetero) is 1. The molecule has 0 radical (unpaired) electrons. The first-order valence-electron chi connectivity index (χ1n) is 8.93. The van der Waals surface area contributed by atoms with E-state index in [1.807, 2.05) is 12.1 Å². The van der Waals surface area contributed by atoms with Crippen LogP contribution in [-0.4, -0.2) is 41.5 Å². The number of ketones is 1. The van der Waals surface area contributed by atoms with Crippen LogP contribution in [0.4, 0.5) is 0 Å². The second kappa shape index (κ2) is 6.65. The third kappa shape index (κ3) is 3.21. The van der Waals surface area contributed by atoms with Crippen molar-refractivity contribution in [1.82, 2.24) is 9.88 Å². The Morgan fingerprint density at radius 2 is 2.00 bits per heavy atom. The predicted molar refractivity (Wildman–Crippen MR) is 99.0 cm³/mol. The average Bonchev–Trinajstić information content (AvgIpc) is 2.61. The van der Waals surface area contributed by atoms with Crippen LogP contribution in [0.2, 0.25) is 0 Å². The van der Waals surface area contributed by atoms with Crippen LogP contribution in [0.5, 0.6) is 0 Å². The van der Waals surface area contributed by atoms with Crippen molar-refractivity contribution in [2.24, 2.45) is 0 Å². The molecule has 1 aromatic heterocycles. The normalized spacial score (nSPS) is 19.8. The van der Waals surface area contributed by atoms with Gasteiger partial charge in [-0.1, -0.05) is 25.8 Å². The summed E-state index contributed by atoms with van der Waals surface area (Å²) in [5.74, 6) is 2.99. The molecule has 2 aliphatic rings. The molecule has 4 heteroatoms. The number of likely N-dealkylation sites (tertiary alicyclic amines) is 1. The SMILES string of the molecule is C#CC1=C(N2CCC(C)(OC)CC2)c2nc(C(C)C)ccc2CC1=O. The summed E-state index contributed by atoms with van der Waals surface area (Å²) in [6, 6.07) is 4.06. The molecule has 1 aliphatic carbocycles. The van der Waals surface area contributed by atoms with Crippen LogP contribution >= 0.6 is 0 Å². The molecular formula is C21H26N2O2. The lowest BCUT2D eigenvalue weighted by molar-refractivity contribution is -0.114. The highest BCUT2D eigenvalue weighted by Crippen LogP contribution is 2.36. The quantitative estimate of drug-likeness (QED) is 0.794. The third-order valence-electron chi connectivity index (χ3n) is 5.46. The number of carbonyl (C=O) groups excluding carboxylic acids is 1. The smallest absolute Gasteiger partial charge is 0.177 e. The van der Waals surface area contributed by atoms with E-state index >= 15 is 0 Å². The van der Waals surface area contributed by atoms with Gasteiger partial charge in [0.1, 0.15) is 0 Å². The second-order valence-corrected chi connectivity index (χ2v) is 7.51. The number of nitrogens with zero attached hydrogens (tertiary/aromatic N) is 2. The number of hydrogen-bond acceptors (Lipinski definition) is 4. The molecule has 1 aliphatic heterocycles. The summed E-state index contributed by atoms with van der Waals surface area (Å²) in [6.07, 6.45) is 7.86. The maximum atomic E-state index is 12.6. The number of aromatic nitrogens is 1. The summed E-state index contributed by atoms with van der Waals surface area (Å²) in [7, 11) is 1.76. The van der Waals surface area contributed by atoms with Crippen molar-refractivity contribution in [2.75, 3.05) is 20.2 Å². The van der Waals surface area contributed by atoms with Crippen molar-refractivity contribution in [3.8, 4) is 12.3 Å². The Morgan fingerprint density at radius 3 is 2.56 bits per heavy atom. The molecule has 2 heterocycles. The molecule has 0 aromatic carbocycles. The summed E-state index contributed by atoms with van der Waals surface area (Å²) >= 11 is 0. The van der Waals surface area contributed by atoms with Gasteiger partial charge < -0.3 is 9.64 Å². The average molecular weight is 338 g/mol. The number of fused-ring (bicyclic) bond motifs is 1. The Hall–Kier alpha value is -2.12. The summed E-state index contributed by atoms with van der Waals surface area (Å²) in [5.41, 5.74) is 4.10. The van der Waals surface area contributed by atoms with Crippen LogP contribution in [0.3, 0.4) is 0 Å². The summed E-state index contributed by atoms with van der Waals surface area (Å²) in [4.78, 5) is 19.7. The molecule has 0 bridgehead atoms. The molecule has 0 N–H and O–H groups in total. The summed E-state index contributed by atoms with van der Waals surface area (Å²) in [5, 5.41) is 0. The first kappa shape index (κ1) is 17.7. The molecule has 1 fully saturated rings. The zero-order valence-electron chi connectivity index (χ0n) is 15.6. The van der Waals surface area contributed by atoms with Gasteiger partial charge in [-0.05, 0) is 37.3 Å². The standard InChI is InChI=1S/C21H26N2O2/c1-6-16-18(24)13-15-7-8-17(14(2)3)22-19(15)20(16)23-11-9-21(4,25-5)10-12-23/h1,7-8,14H,9-13H2,2-5H3. The second-order valence-electron chi connectivity index (χ2n) is 7.51. The van der Waals surface area contributed by atoms with Gasteiger partial charge in [0.05, 0.1) is 22.6 Å². The van der Waals surface area contributed by atoms with E-state index in [9.17, 15) is 4.79 Å². The largest absolute Gasteiger partial charge is 0.378 e. The first-order chi connectivity index (χ1) is 11.9. The Bertz CT molecular complexity index is 763. The van der Waals surface area contributed by atoms with Crippen molar-refractivity contribution >= 4 is 11.5 Å². The van der Waals surface area contributed by atoms with E-state index < -0.39 is 0 Å². The van der Waals surface area contributed by atoms with Crippen molar-refractivity contribution in [3.05, 3.63) is 34.7 Å². The fourth-order valence-corrected chi connectivity index (χ4v) is 3.55. The van der Waals surface area contributed by atoms with Gasteiger partial charge in [-0.15, -0.1) is 6.42 Å². The Labute approximate surface area is 150 Å². The summed E-state index contributed by atoms with van der Waals surface area (Å²) in [6.45, 7) is 8.00. The minimum Gasteiger partial charge on any atom is -0.378 e. The van der Waals surface area contributed by atoms with Crippen molar-refractivity contribution < 1.29 is 9.53 Å². The van der Waals surface area contributed by atoms with Gasteiger partial charge in [0, 0.05) is 32.3 Å². The van der Waals surface area contributed by atoms with Gasteiger partial charge in [0.15, 0.2) is 5.78 Å². The molecule has 1 saturated heterocycles. The van der Waals surface area contributed by atoms with Gasteiger partial charge in [-0.2, -0.15) is 0 Å². The minimum absolute atomic E-state index is 0.0178. The fraction of sp³-hybridized carbons (Fsp3) is 0.524. The number of hydrogen-bond donors (Lipinski definition) is 0. The van der Waals surface area contributed by atoms with Gasteiger partial charge in [0.2, 0.25) is 0 Å². The number of allylic oxidation sites excluding steroid dienone is 1. The minimum atomic E-state index is -0.109. The van der Waals surface area contributed by atoms with Gasteiger partial charge in [-0.3, -0.25) is 9.78 Å². The molecule has 25 heavy (non-hydrogen) atoms. The molecule has 3 rings (SSSR count). The monoisotopic (exact) mass is 338 g/mol. The molecule has 0 amide bonds. The molecule has 0 saturated carbocycles. The van der Waals surface area contributed by atoms with Gasteiger partial charge in [0.25, 0.3) is 0 Å². The summed E-state index contributed by atoms with van der Waals surface area (Å²) < 4.78 is 5.64. The Kier molecular flexibility index (Phi) is 4.71. The van der Waals surface area contributed by atoms with E-state index in [0.717, 1.165) is 48.6 Å². The Balaban J connectivity index is 2.05. The number of rotatable bonds is 3. The number of ether oxygens (including phenoxy) is 1. The van der Waals surface area contributed by atoms with E-state index in [1.54, 1.807) is 7.11 Å². The molecular weight excluding hydrogens is 312 g/mol. The number of pyridine rings is 1. The highest BCUT2D eigenvalue weighted by atomic mass is 16.5. The lowest BCUT2D eigenvalue weighted by Gasteiger charge is -2.41.